The Morgan fingerprint density at radius 3 is 2.59 bits per heavy atom. The third-order valence-corrected chi connectivity index (χ3v) is 5.26. The van der Waals surface area contributed by atoms with Crippen LogP contribution in [0.5, 0.6) is 0 Å². The third kappa shape index (κ3) is 5.67. The fourth-order valence-corrected chi connectivity index (χ4v) is 3.55. The lowest BCUT2D eigenvalue weighted by Crippen LogP contribution is -2.62. The van der Waals surface area contributed by atoms with Gasteiger partial charge < -0.3 is 25.7 Å². The molecule has 1 aliphatic rings. The zero-order valence-corrected chi connectivity index (χ0v) is 16.2. The lowest BCUT2D eigenvalue weighted by molar-refractivity contribution is -0.145. The Morgan fingerprint density at radius 1 is 1.07 bits per heavy atom. The Kier molecular flexibility index (Phi) is 7.83. The number of rotatable bonds is 10. The molecule has 0 saturated carbocycles. The van der Waals surface area contributed by atoms with Gasteiger partial charge in [0, 0.05) is 13.1 Å². The molecule has 4 atom stereocenters. The molecule has 11 nitrogen and oxygen atoms in total. The summed E-state index contributed by atoms with van der Waals surface area (Å²) in [6.07, 6.45) is 3.80. The molecule has 2 aromatic heterocycles. The predicted molar refractivity (Wildman–Crippen MR) is 104 cm³/mol. The van der Waals surface area contributed by atoms with E-state index in [0.29, 0.717) is 6.54 Å². The van der Waals surface area contributed by atoms with Crippen LogP contribution in [0.25, 0.3) is 5.69 Å². The molecule has 0 aliphatic carbocycles. The molecule has 0 bridgehead atoms. The number of hydrogen-bond donors (Lipinski definition) is 5. The number of aromatic nitrogens is 5. The molecule has 2 aromatic rings. The van der Waals surface area contributed by atoms with Crippen LogP contribution in [0.1, 0.15) is 25.7 Å². The number of nitrogens with one attached hydrogen (secondary N) is 1. The van der Waals surface area contributed by atoms with E-state index in [1.54, 1.807) is 10.9 Å². The minimum absolute atomic E-state index is 0.242. The number of piperidine rings is 1. The van der Waals surface area contributed by atoms with Gasteiger partial charge in [0.15, 0.2) is 0 Å². The summed E-state index contributed by atoms with van der Waals surface area (Å²) in [5, 5.41) is 53.3. The highest BCUT2D eigenvalue weighted by atomic mass is 16.4. The smallest absolute Gasteiger partial charge is 0.143 e. The van der Waals surface area contributed by atoms with Gasteiger partial charge in [-0.05, 0) is 41.9 Å². The van der Waals surface area contributed by atoms with E-state index in [0.717, 1.165) is 43.7 Å². The number of pyridine rings is 1. The SMILES string of the molecule is OC[C@@H]1[C@@H](O)[C@H](O)[C@@H](O)CN1CCCCCCNc1ccc(-n2cnnn2)cn1. The summed E-state index contributed by atoms with van der Waals surface area (Å²) in [4.78, 5) is 6.20. The number of tetrazole rings is 1. The van der Waals surface area contributed by atoms with Gasteiger partial charge in [0.25, 0.3) is 0 Å². The largest absolute Gasteiger partial charge is 0.395 e. The van der Waals surface area contributed by atoms with Crippen molar-refractivity contribution >= 4 is 5.82 Å². The fraction of sp³-hybridized carbons (Fsp3) is 0.667. The van der Waals surface area contributed by atoms with E-state index in [1.165, 1.54) is 6.33 Å². The number of anilines is 1. The van der Waals surface area contributed by atoms with Crippen molar-refractivity contribution in [3.63, 3.8) is 0 Å². The average molecular weight is 407 g/mol. The zero-order chi connectivity index (χ0) is 20.6. The van der Waals surface area contributed by atoms with Crippen molar-refractivity contribution in [2.45, 2.75) is 50.0 Å². The van der Waals surface area contributed by atoms with E-state index in [2.05, 4.69) is 25.8 Å². The first kappa shape index (κ1) is 21.5. The molecule has 0 radical (unpaired) electrons. The van der Waals surface area contributed by atoms with E-state index < -0.39 is 24.4 Å². The summed E-state index contributed by atoms with van der Waals surface area (Å²) in [6.45, 7) is 1.49. The number of likely N-dealkylation sites (tertiary alicyclic amines) is 1. The van der Waals surface area contributed by atoms with E-state index >= 15 is 0 Å². The topological polar surface area (TPSA) is 153 Å². The molecule has 5 N–H and O–H groups in total. The predicted octanol–water partition coefficient (Wildman–Crippen LogP) is -1.21. The van der Waals surface area contributed by atoms with Gasteiger partial charge in [0.05, 0.1) is 30.6 Å². The van der Waals surface area contributed by atoms with E-state index in [-0.39, 0.29) is 13.2 Å². The van der Waals surface area contributed by atoms with Crippen LogP contribution in [-0.2, 0) is 0 Å². The molecular formula is C18H29N7O4. The summed E-state index contributed by atoms with van der Waals surface area (Å²) < 4.78 is 1.54. The van der Waals surface area contributed by atoms with Crippen LogP contribution in [0.2, 0.25) is 0 Å². The van der Waals surface area contributed by atoms with Crippen LogP contribution < -0.4 is 5.32 Å². The Bertz CT molecular complexity index is 716. The Morgan fingerprint density at radius 2 is 1.90 bits per heavy atom. The number of unbranched alkanes of at least 4 members (excludes halogenated alkanes) is 3. The second kappa shape index (κ2) is 10.6. The Balaban J connectivity index is 1.30. The Hall–Kier alpha value is -2.18. The van der Waals surface area contributed by atoms with Gasteiger partial charge >= 0.3 is 0 Å². The third-order valence-electron chi connectivity index (χ3n) is 5.26. The van der Waals surface area contributed by atoms with Gasteiger partial charge in [-0.3, -0.25) is 4.90 Å². The van der Waals surface area contributed by atoms with Gasteiger partial charge in [-0.1, -0.05) is 12.8 Å². The minimum atomic E-state index is -1.20. The van der Waals surface area contributed by atoms with Gasteiger partial charge in [-0.15, -0.1) is 5.10 Å². The second-order valence-corrected chi connectivity index (χ2v) is 7.29. The van der Waals surface area contributed by atoms with Gasteiger partial charge in [0.1, 0.15) is 24.4 Å². The van der Waals surface area contributed by atoms with Crippen molar-refractivity contribution in [3.05, 3.63) is 24.7 Å². The van der Waals surface area contributed by atoms with Crippen molar-refractivity contribution < 1.29 is 20.4 Å². The maximum absolute atomic E-state index is 9.99. The maximum atomic E-state index is 9.99. The molecule has 1 fully saturated rings. The van der Waals surface area contributed by atoms with Gasteiger partial charge in [0.2, 0.25) is 0 Å². The summed E-state index contributed by atoms with van der Waals surface area (Å²) in [6, 6.07) is 3.24. The lowest BCUT2D eigenvalue weighted by Gasteiger charge is -2.43. The normalized spacial score (nSPS) is 25.2. The Labute approximate surface area is 169 Å². The van der Waals surface area contributed by atoms with Crippen molar-refractivity contribution in [3.8, 4) is 5.69 Å². The average Bonchev–Trinajstić information content (AvgIpc) is 3.27. The molecule has 11 heteroatoms. The number of hydrogen-bond acceptors (Lipinski definition) is 10. The lowest BCUT2D eigenvalue weighted by atomic mass is 9.94. The van der Waals surface area contributed by atoms with Crippen LogP contribution >= 0.6 is 0 Å². The fourth-order valence-electron chi connectivity index (χ4n) is 3.55. The number of aliphatic hydroxyl groups is 4. The number of nitrogens with zero attached hydrogens (tertiary/aromatic N) is 6. The van der Waals surface area contributed by atoms with Gasteiger partial charge in [-0.2, -0.15) is 4.68 Å². The monoisotopic (exact) mass is 407 g/mol. The molecule has 160 valence electrons. The quantitative estimate of drug-likeness (QED) is 0.303. The zero-order valence-electron chi connectivity index (χ0n) is 16.2. The summed E-state index contributed by atoms with van der Waals surface area (Å²) >= 11 is 0. The first-order valence-corrected chi connectivity index (χ1v) is 9.92. The first-order chi connectivity index (χ1) is 14.1. The highest BCUT2D eigenvalue weighted by Crippen LogP contribution is 2.19. The summed E-state index contributed by atoms with van der Waals surface area (Å²) in [7, 11) is 0. The highest BCUT2D eigenvalue weighted by Gasteiger charge is 2.40. The maximum Gasteiger partial charge on any atom is 0.143 e. The van der Waals surface area contributed by atoms with Crippen molar-refractivity contribution in [2.75, 3.05) is 31.6 Å². The van der Waals surface area contributed by atoms with Crippen LogP contribution in [-0.4, -0.2) is 101 Å². The van der Waals surface area contributed by atoms with Crippen molar-refractivity contribution in [2.24, 2.45) is 0 Å². The van der Waals surface area contributed by atoms with Gasteiger partial charge in [-0.25, -0.2) is 4.98 Å². The molecule has 1 aliphatic heterocycles. The molecule has 1 saturated heterocycles. The summed E-state index contributed by atoms with van der Waals surface area (Å²) in [5.74, 6) is 0.794. The molecule has 0 unspecified atom stereocenters. The van der Waals surface area contributed by atoms with E-state index in [4.69, 9.17) is 0 Å². The molecule has 3 heterocycles. The first-order valence-electron chi connectivity index (χ1n) is 9.92. The standard InChI is InChI=1S/C18H29N7O4/c26-11-14-17(28)18(29)15(27)10-24(14)8-4-2-1-3-7-19-16-6-5-13(9-20-16)25-12-21-22-23-25/h5-6,9,12,14-15,17-18,26-29H,1-4,7-8,10-11H2,(H,19,20)/t14-,15+,17-,18-/m1/s1. The van der Waals surface area contributed by atoms with Crippen LogP contribution in [0, 0.1) is 0 Å². The molecule has 0 spiro atoms. The molecule has 0 aromatic carbocycles. The van der Waals surface area contributed by atoms with Crippen LogP contribution in [0.4, 0.5) is 5.82 Å². The number of aliphatic hydroxyl groups excluding tert-OH is 4. The molecule has 0 amide bonds. The molecule has 29 heavy (non-hydrogen) atoms. The second-order valence-electron chi connectivity index (χ2n) is 7.29. The van der Waals surface area contributed by atoms with Crippen molar-refractivity contribution in [1.82, 2.24) is 30.1 Å². The molecular weight excluding hydrogens is 378 g/mol. The van der Waals surface area contributed by atoms with E-state index in [9.17, 15) is 20.4 Å². The van der Waals surface area contributed by atoms with Crippen LogP contribution in [0.3, 0.4) is 0 Å². The molecule has 3 rings (SSSR count). The minimum Gasteiger partial charge on any atom is -0.395 e. The highest BCUT2D eigenvalue weighted by molar-refractivity contribution is 5.39. The number of β-amino-alcohol motifs (C(OH)–C–C–N with tert-alkyl or cyclic N) is 1. The summed E-state index contributed by atoms with van der Waals surface area (Å²) in [5.41, 5.74) is 0.794. The van der Waals surface area contributed by atoms with Crippen LogP contribution in [0.15, 0.2) is 24.7 Å². The van der Waals surface area contributed by atoms with Crippen molar-refractivity contribution in [1.29, 1.82) is 0 Å². The van der Waals surface area contributed by atoms with E-state index in [1.807, 2.05) is 17.0 Å².